The monoisotopic (exact) mass is 253 g/mol. The molecule has 3 aromatic rings. The Hall–Kier alpha value is -2.36. The van der Waals surface area contributed by atoms with Crippen LogP contribution < -0.4 is 4.74 Å². The van der Waals surface area contributed by atoms with Crippen LogP contribution in [0.25, 0.3) is 11.2 Å². The number of nitrogens with one attached hydrogen (secondary N) is 1. The van der Waals surface area contributed by atoms with E-state index < -0.39 is 0 Å². The van der Waals surface area contributed by atoms with Crippen molar-refractivity contribution in [3.63, 3.8) is 0 Å². The van der Waals surface area contributed by atoms with Crippen molar-refractivity contribution in [1.29, 1.82) is 0 Å². The second kappa shape index (κ2) is 4.72. The van der Waals surface area contributed by atoms with Gasteiger partial charge < -0.3 is 9.72 Å². The quantitative estimate of drug-likeness (QED) is 0.780. The molecule has 19 heavy (non-hydrogen) atoms. The van der Waals surface area contributed by atoms with Crippen LogP contribution in [0.2, 0.25) is 0 Å². The molecule has 1 N–H and O–H groups in total. The van der Waals surface area contributed by atoms with Crippen molar-refractivity contribution in [1.82, 2.24) is 15.0 Å². The number of imidazole rings is 1. The van der Waals surface area contributed by atoms with E-state index in [1.54, 1.807) is 6.20 Å². The third-order valence-electron chi connectivity index (χ3n) is 3.05. The van der Waals surface area contributed by atoms with Crippen molar-refractivity contribution >= 4 is 11.2 Å². The van der Waals surface area contributed by atoms with Crippen LogP contribution >= 0.6 is 0 Å². The number of pyridine rings is 1. The molecule has 0 bridgehead atoms. The van der Waals surface area contributed by atoms with Crippen LogP contribution in [0.4, 0.5) is 0 Å². The summed E-state index contributed by atoms with van der Waals surface area (Å²) < 4.78 is 5.69. The maximum Gasteiger partial charge on any atom is 0.178 e. The van der Waals surface area contributed by atoms with Gasteiger partial charge in [0.25, 0.3) is 0 Å². The van der Waals surface area contributed by atoms with Crippen LogP contribution in [-0.4, -0.2) is 15.0 Å². The highest BCUT2D eigenvalue weighted by Crippen LogP contribution is 2.16. The molecule has 0 saturated heterocycles. The summed E-state index contributed by atoms with van der Waals surface area (Å²) in [7, 11) is 0. The van der Waals surface area contributed by atoms with Gasteiger partial charge in [-0.1, -0.05) is 17.7 Å². The first-order chi connectivity index (χ1) is 9.22. The zero-order valence-electron chi connectivity index (χ0n) is 11.0. The van der Waals surface area contributed by atoms with Crippen molar-refractivity contribution in [3.8, 4) is 5.75 Å². The summed E-state index contributed by atoms with van der Waals surface area (Å²) >= 11 is 0. The molecule has 4 heteroatoms. The van der Waals surface area contributed by atoms with Gasteiger partial charge >= 0.3 is 0 Å². The summed E-state index contributed by atoms with van der Waals surface area (Å²) in [6, 6.07) is 9.94. The van der Waals surface area contributed by atoms with Crippen LogP contribution in [0.3, 0.4) is 0 Å². The van der Waals surface area contributed by atoms with E-state index in [9.17, 15) is 0 Å². The highest BCUT2D eigenvalue weighted by Gasteiger charge is 2.06. The lowest BCUT2D eigenvalue weighted by atomic mass is 10.2. The van der Waals surface area contributed by atoms with E-state index in [0.717, 1.165) is 28.3 Å². The van der Waals surface area contributed by atoms with Gasteiger partial charge in [0.2, 0.25) is 0 Å². The summed E-state index contributed by atoms with van der Waals surface area (Å²) in [6.45, 7) is 4.50. The lowest BCUT2D eigenvalue weighted by Crippen LogP contribution is -1.97. The number of benzene rings is 1. The smallest absolute Gasteiger partial charge is 0.178 e. The van der Waals surface area contributed by atoms with Crippen molar-refractivity contribution in [2.24, 2.45) is 0 Å². The number of aromatic amines is 1. The zero-order chi connectivity index (χ0) is 13.2. The van der Waals surface area contributed by atoms with Gasteiger partial charge in [0.05, 0.1) is 5.52 Å². The van der Waals surface area contributed by atoms with Gasteiger partial charge in [-0.25, -0.2) is 9.97 Å². The molecule has 0 unspecified atom stereocenters. The first kappa shape index (κ1) is 11.7. The zero-order valence-corrected chi connectivity index (χ0v) is 11.0. The van der Waals surface area contributed by atoms with Gasteiger partial charge in [-0.15, -0.1) is 0 Å². The molecule has 1 aromatic carbocycles. The Balaban J connectivity index is 1.78. The Morgan fingerprint density at radius 3 is 2.63 bits per heavy atom. The van der Waals surface area contributed by atoms with Gasteiger partial charge in [-0.3, -0.25) is 0 Å². The normalized spacial score (nSPS) is 10.8. The number of H-pyrrole nitrogens is 1. The van der Waals surface area contributed by atoms with E-state index in [1.165, 1.54) is 5.56 Å². The molecule has 0 spiro atoms. The maximum atomic E-state index is 5.69. The molecule has 0 fully saturated rings. The van der Waals surface area contributed by atoms with E-state index in [-0.39, 0.29) is 0 Å². The highest BCUT2D eigenvalue weighted by molar-refractivity contribution is 5.74. The molecule has 2 heterocycles. The molecule has 0 aliphatic heterocycles. The molecule has 2 aromatic heterocycles. The number of hydrogen-bond donors (Lipinski definition) is 1. The van der Waals surface area contributed by atoms with Gasteiger partial charge in [-0.2, -0.15) is 0 Å². The minimum atomic E-state index is 0.416. The summed E-state index contributed by atoms with van der Waals surface area (Å²) in [5.41, 5.74) is 4.07. The molecule has 0 saturated carbocycles. The van der Waals surface area contributed by atoms with Crippen LogP contribution in [0, 0.1) is 13.8 Å². The Morgan fingerprint density at radius 2 is 1.89 bits per heavy atom. The minimum absolute atomic E-state index is 0.416. The third-order valence-corrected chi connectivity index (χ3v) is 3.05. The highest BCUT2D eigenvalue weighted by atomic mass is 16.5. The predicted molar refractivity (Wildman–Crippen MR) is 74.1 cm³/mol. The number of aromatic nitrogens is 3. The fraction of sp³-hybridized carbons (Fsp3) is 0.200. The summed E-state index contributed by atoms with van der Waals surface area (Å²) in [4.78, 5) is 11.9. The lowest BCUT2D eigenvalue weighted by molar-refractivity contribution is 0.297. The van der Waals surface area contributed by atoms with E-state index in [0.29, 0.717) is 6.61 Å². The molecule has 96 valence electrons. The van der Waals surface area contributed by atoms with Gasteiger partial charge in [0, 0.05) is 6.20 Å². The second-order valence-electron chi connectivity index (χ2n) is 4.61. The van der Waals surface area contributed by atoms with Crippen LogP contribution in [0.1, 0.15) is 17.0 Å². The fourth-order valence-electron chi connectivity index (χ4n) is 1.94. The predicted octanol–water partition coefficient (Wildman–Crippen LogP) is 3.15. The molecule has 0 atom stereocenters. The van der Waals surface area contributed by atoms with Gasteiger partial charge in [0.15, 0.2) is 5.65 Å². The second-order valence-corrected chi connectivity index (χ2v) is 4.61. The minimum Gasteiger partial charge on any atom is -0.486 e. The van der Waals surface area contributed by atoms with Crippen LogP contribution in [0.5, 0.6) is 5.75 Å². The van der Waals surface area contributed by atoms with Gasteiger partial charge in [0.1, 0.15) is 18.2 Å². The standard InChI is InChI=1S/C15H15N3O/c1-10-3-5-12(6-4-10)19-9-13-17-14-11(2)7-8-16-15(14)18-13/h3-8H,9H2,1-2H3,(H,16,17,18). The topological polar surface area (TPSA) is 50.8 Å². The number of fused-ring (bicyclic) bond motifs is 1. The molecule has 3 rings (SSSR count). The molecule has 0 radical (unpaired) electrons. The Kier molecular flexibility index (Phi) is 2.91. The largest absolute Gasteiger partial charge is 0.486 e. The van der Waals surface area contributed by atoms with E-state index in [1.807, 2.05) is 37.3 Å². The first-order valence-electron chi connectivity index (χ1n) is 6.22. The van der Waals surface area contributed by atoms with Crippen molar-refractivity contribution in [3.05, 3.63) is 53.5 Å². The number of hydrogen-bond acceptors (Lipinski definition) is 3. The van der Waals surface area contributed by atoms with Crippen molar-refractivity contribution in [2.45, 2.75) is 20.5 Å². The van der Waals surface area contributed by atoms with Crippen molar-refractivity contribution < 1.29 is 4.74 Å². The number of ether oxygens (including phenoxy) is 1. The van der Waals surface area contributed by atoms with Crippen LogP contribution in [0.15, 0.2) is 36.5 Å². The van der Waals surface area contributed by atoms with E-state index >= 15 is 0 Å². The van der Waals surface area contributed by atoms with Crippen molar-refractivity contribution in [2.75, 3.05) is 0 Å². The fourth-order valence-corrected chi connectivity index (χ4v) is 1.94. The van der Waals surface area contributed by atoms with E-state index in [2.05, 4.69) is 21.9 Å². The SMILES string of the molecule is Cc1ccc(OCc2nc3nccc(C)c3[nH]2)cc1. The lowest BCUT2D eigenvalue weighted by Gasteiger charge is -2.03. The van der Waals surface area contributed by atoms with Gasteiger partial charge in [-0.05, 0) is 37.6 Å². The summed E-state index contributed by atoms with van der Waals surface area (Å²) in [5.74, 6) is 1.63. The summed E-state index contributed by atoms with van der Waals surface area (Å²) in [6.07, 6.45) is 1.77. The van der Waals surface area contributed by atoms with E-state index in [4.69, 9.17) is 4.74 Å². The number of nitrogens with zero attached hydrogens (tertiary/aromatic N) is 2. The van der Waals surface area contributed by atoms with Crippen LogP contribution in [-0.2, 0) is 6.61 Å². The maximum absolute atomic E-state index is 5.69. The molecular weight excluding hydrogens is 238 g/mol. The molecule has 0 amide bonds. The average Bonchev–Trinajstić information content (AvgIpc) is 2.83. The number of aryl methyl sites for hydroxylation is 2. The molecule has 0 aliphatic rings. The summed E-state index contributed by atoms with van der Waals surface area (Å²) in [5, 5.41) is 0. The molecule has 0 aliphatic carbocycles. The number of rotatable bonds is 3. The molecular formula is C15H15N3O. The molecule has 4 nitrogen and oxygen atoms in total. The Morgan fingerprint density at radius 1 is 1.11 bits per heavy atom. The Labute approximate surface area is 111 Å². The Bertz CT molecular complexity index is 701. The third kappa shape index (κ3) is 2.42. The first-order valence-corrected chi connectivity index (χ1v) is 6.22. The average molecular weight is 253 g/mol.